The van der Waals surface area contributed by atoms with E-state index in [0.717, 1.165) is 22.3 Å². The van der Waals surface area contributed by atoms with Crippen LogP contribution in [-0.2, 0) is 5.41 Å². The molecule has 0 fully saturated rings. The van der Waals surface area contributed by atoms with Crippen LogP contribution in [0.2, 0.25) is 0 Å². The van der Waals surface area contributed by atoms with Gasteiger partial charge in [0.15, 0.2) is 0 Å². The Bertz CT molecular complexity index is 1290. The molecule has 188 valence electrons. The van der Waals surface area contributed by atoms with Gasteiger partial charge in [-0.05, 0) is 72.5 Å². The van der Waals surface area contributed by atoms with Gasteiger partial charge in [0.1, 0.15) is 11.5 Å². The SMILES string of the molecule is Cc1ccccc1NC(=O)Oc1ccc(C(C)(C)c2ccc(OC(=O)Nc3ccccc3C)cc2)cc1. The molecule has 2 N–H and O–H groups in total. The number of hydrogen-bond acceptors (Lipinski definition) is 4. The maximum atomic E-state index is 12.3. The number of amides is 2. The molecule has 0 atom stereocenters. The van der Waals surface area contributed by atoms with E-state index >= 15 is 0 Å². The number of nitrogens with one attached hydrogen (secondary N) is 2. The van der Waals surface area contributed by atoms with E-state index in [0.29, 0.717) is 22.9 Å². The van der Waals surface area contributed by atoms with Crippen molar-refractivity contribution < 1.29 is 19.1 Å². The Morgan fingerprint density at radius 2 is 0.919 bits per heavy atom. The van der Waals surface area contributed by atoms with Crippen LogP contribution in [0.25, 0.3) is 0 Å². The summed E-state index contributed by atoms with van der Waals surface area (Å²) in [5, 5.41) is 5.53. The number of benzene rings is 4. The third-order valence-corrected chi connectivity index (χ3v) is 6.34. The minimum Gasteiger partial charge on any atom is -0.410 e. The van der Waals surface area contributed by atoms with Crippen molar-refractivity contribution in [3.05, 3.63) is 119 Å². The number of rotatable bonds is 6. The van der Waals surface area contributed by atoms with Gasteiger partial charge >= 0.3 is 12.2 Å². The molecule has 6 heteroatoms. The molecule has 0 heterocycles. The fourth-order valence-electron chi connectivity index (χ4n) is 3.96. The van der Waals surface area contributed by atoms with Crippen LogP contribution in [0.3, 0.4) is 0 Å². The molecule has 0 aliphatic rings. The van der Waals surface area contributed by atoms with Crippen LogP contribution >= 0.6 is 0 Å². The first-order valence-corrected chi connectivity index (χ1v) is 12.0. The Morgan fingerprint density at radius 1 is 0.568 bits per heavy atom. The second-order valence-electron chi connectivity index (χ2n) is 9.33. The third kappa shape index (κ3) is 6.35. The van der Waals surface area contributed by atoms with Crippen LogP contribution in [0.5, 0.6) is 11.5 Å². The summed E-state index contributed by atoms with van der Waals surface area (Å²) < 4.78 is 10.9. The molecular weight excluding hydrogens is 464 g/mol. The first-order valence-electron chi connectivity index (χ1n) is 12.0. The zero-order chi connectivity index (χ0) is 26.4. The van der Waals surface area contributed by atoms with E-state index in [-0.39, 0.29) is 5.41 Å². The Balaban J connectivity index is 1.37. The van der Waals surface area contributed by atoms with Crippen LogP contribution in [0.1, 0.15) is 36.1 Å². The van der Waals surface area contributed by atoms with Crippen LogP contribution in [0, 0.1) is 13.8 Å². The average molecular weight is 495 g/mol. The van der Waals surface area contributed by atoms with Crippen molar-refractivity contribution in [3.8, 4) is 11.5 Å². The Morgan fingerprint density at radius 3 is 1.27 bits per heavy atom. The van der Waals surface area contributed by atoms with Crippen LogP contribution < -0.4 is 20.1 Å². The van der Waals surface area contributed by atoms with Crippen molar-refractivity contribution in [2.75, 3.05) is 10.6 Å². The van der Waals surface area contributed by atoms with Crippen molar-refractivity contribution in [1.29, 1.82) is 0 Å². The molecule has 4 rings (SSSR count). The van der Waals surface area contributed by atoms with E-state index in [1.54, 1.807) is 24.3 Å². The lowest BCUT2D eigenvalue weighted by atomic mass is 9.78. The fraction of sp³-hybridized carbons (Fsp3) is 0.161. The number of ether oxygens (including phenoxy) is 2. The quantitative estimate of drug-likeness (QED) is 0.286. The zero-order valence-electron chi connectivity index (χ0n) is 21.4. The van der Waals surface area contributed by atoms with E-state index in [2.05, 4.69) is 24.5 Å². The Kier molecular flexibility index (Phi) is 7.58. The second kappa shape index (κ2) is 11.0. The molecule has 2 amide bonds. The first-order chi connectivity index (χ1) is 17.7. The lowest BCUT2D eigenvalue weighted by Crippen LogP contribution is -2.20. The smallest absolute Gasteiger partial charge is 0.410 e. The number of hydrogen-bond donors (Lipinski definition) is 2. The lowest BCUT2D eigenvalue weighted by molar-refractivity contribution is 0.214. The van der Waals surface area contributed by atoms with Gasteiger partial charge < -0.3 is 9.47 Å². The molecule has 0 radical (unpaired) electrons. The Hall–Kier alpha value is -4.58. The largest absolute Gasteiger partial charge is 0.417 e. The molecule has 0 aliphatic carbocycles. The summed E-state index contributed by atoms with van der Waals surface area (Å²) in [4.78, 5) is 24.6. The molecule has 0 unspecified atom stereocenters. The van der Waals surface area contributed by atoms with Crippen molar-refractivity contribution in [2.24, 2.45) is 0 Å². The Labute approximate surface area is 217 Å². The van der Waals surface area contributed by atoms with Crippen molar-refractivity contribution >= 4 is 23.6 Å². The predicted molar refractivity (Wildman–Crippen MR) is 147 cm³/mol. The van der Waals surface area contributed by atoms with Crippen molar-refractivity contribution in [1.82, 2.24) is 0 Å². The highest BCUT2D eigenvalue weighted by Gasteiger charge is 2.23. The van der Waals surface area contributed by atoms with E-state index < -0.39 is 12.2 Å². The van der Waals surface area contributed by atoms with Gasteiger partial charge in [-0.2, -0.15) is 0 Å². The summed E-state index contributed by atoms with van der Waals surface area (Å²) >= 11 is 0. The lowest BCUT2D eigenvalue weighted by Gasteiger charge is -2.26. The minimum absolute atomic E-state index is 0.329. The molecule has 4 aromatic rings. The summed E-state index contributed by atoms with van der Waals surface area (Å²) in [7, 11) is 0. The minimum atomic E-state index is -0.539. The second-order valence-corrected chi connectivity index (χ2v) is 9.33. The van der Waals surface area contributed by atoms with Gasteiger partial charge in [-0.1, -0.05) is 74.5 Å². The van der Waals surface area contributed by atoms with E-state index in [4.69, 9.17) is 9.47 Å². The highest BCUT2D eigenvalue weighted by atomic mass is 16.6. The van der Waals surface area contributed by atoms with Gasteiger partial charge in [-0.3, -0.25) is 10.6 Å². The molecule has 0 saturated heterocycles. The normalized spacial score (nSPS) is 10.9. The van der Waals surface area contributed by atoms with Gasteiger partial charge in [0.25, 0.3) is 0 Å². The molecule has 4 aromatic carbocycles. The van der Waals surface area contributed by atoms with E-state index in [9.17, 15) is 9.59 Å². The van der Waals surface area contributed by atoms with Crippen molar-refractivity contribution in [2.45, 2.75) is 33.1 Å². The molecule has 6 nitrogen and oxygen atoms in total. The standard InChI is InChI=1S/C31H30N2O4/c1-21-9-5-7-11-27(21)32-29(34)36-25-17-13-23(14-18-25)31(3,4)24-15-19-26(20-16-24)37-30(35)33-28-12-8-6-10-22(28)2/h5-20H,1-4H3,(H,32,34)(H,33,35). The number of aryl methyl sites for hydroxylation is 2. The van der Waals surface area contributed by atoms with Crippen LogP contribution in [0.15, 0.2) is 97.1 Å². The van der Waals surface area contributed by atoms with Gasteiger partial charge in [0, 0.05) is 16.8 Å². The summed E-state index contributed by atoms with van der Waals surface area (Å²) in [6.45, 7) is 8.06. The summed E-state index contributed by atoms with van der Waals surface area (Å²) in [6.07, 6.45) is -1.08. The zero-order valence-corrected chi connectivity index (χ0v) is 21.4. The van der Waals surface area contributed by atoms with Gasteiger partial charge in [-0.25, -0.2) is 9.59 Å². The first kappa shape index (κ1) is 25.5. The molecule has 0 aliphatic heterocycles. The fourth-order valence-corrected chi connectivity index (χ4v) is 3.96. The summed E-state index contributed by atoms with van der Waals surface area (Å²) in [5.74, 6) is 0.906. The predicted octanol–water partition coefficient (Wildman–Crippen LogP) is 7.85. The monoisotopic (exact) mass is 494 g/mol. The number of para-hydroxylation sites is 2. The molecule has 0 bridgehead atoms. The average Bonchev–Trinajstić information content (AvgIpc) is 2.87. The summed E-state index contributed by atoms with van der Waals surface area (Å²) in [6, 6.07) is 29.9. The third-order valence-electron chi connectivity index (χ3n) is 6.34. The molecule has 0 spiro atoms. The number of carbonyl (C=O) groups is 2. The number of anilines is 2. The maximum absolute atomic E-state index is 12.3. The highest BCUT2D eigenvalue weighted by molar-refractivity contribution is 5.87. The molecule has 37 heavy (non-hydrogen) atoms. The molecule has 0 saturated carbocycles. The number of carbonyl (C=O) groups excluding carboxylic acids is 2. The van der Waals surface area contributed by atoms with Crippen molar-refractivity contribution in [3.63, 3.8) is 0 Å². The molecule has 0 aromatic heterocycles. The van der Waals surface area contributed by atoms with Gasteiger partial charge in [0.2, 0.25) is 0 Å². The topological polar surface area (TPSA) is 76.7 Å². The highest BCUT2D eigenvalue weighted by Crippen LogP contribution is 2.33. The summed E-state index contributed by atoms with van der Waals surface area (Å²) in [5.41, 5.74) is 5.11. The van der Waals surface area contributed by atoms with E-state index in [1.807, 2.05) is 86.6 Å². The van der Waals surface area contributed by atoms with Crippen LogP contribution in [0.4, 0.5) is 21.0 Å². The molecular formula is C31H30N2O4. The van der Waals surface area contributed by atoms with Gasteiger partial charge in [0.05, 0.1) is 0 Å². The maximum Gasteiger partial charge on any atom is 0.417 e. The van der Waals surface area contributed by atoms with E-state index in [1.165, 1.54) is 0 Å². The van der Waals surface area contributed by atoms with Crippen LogP contribution in [-0.4, -0.2) is 12.2 Å². The van der Waals surface area contributed by atoms with Gasteiger partial charge in [-0.15, -0.1) is 0 Å².